The number of nitrogens with zero attached hydrogens (tertiary/aromatic N) is 1. The van der Waals surface area contributed by atoms with Crippen LogP contribution in [0.25, 0.3) is 0 Å². The maximum absolute atomic E-state index is 12.8. The summed E-state index contributed by atoms with van der Waals surface area (Å²) in [5.41, 5.74) is 1.05. The van der Waals surface area contributed by atoms with Gasteiger partial charge in [0, 0.05) is 19.6 Å². The normalized spacial score (nSPS) is 25.0. The van der Waals surface area contributed by atoms with Gasteiger partial charge < -0.3 is 5.32 Å². The first-order chi connectivity index (χ1) is 10.7. The van der Waals surface area contributed by atoms with Crippen LogP contribution in [0, 0.1) is 17.7 Å². The summed E-state index contributed by atoms with van der Waals surface area (Å²) < 4.78 is 12.8. The minimum absolute atomic E-state index is 0.113. The molecule has 1 aromatic rings. The molecule has 1 N–H and O–H groups in total. The fourth-order valence-corrected chi connectivity index (χ4v) is 3.92. The summed E-state index contributed by atoms with van der Waals surface area (Å²) in [4.78, 5) is 14.4. The van der Waals surface area contributed by atoms with Gasteiger partial charge in [0.2, 0.25) is 5.91 Å². The van der Waals surface area contributed by atoms with E-state index >= 15 is 0 Å². The predicted octanol–water partition coefficient (Wildman–Crippen LogP) is 2.61. The van der Waals surface area contributed by atoms with Crippen LogP contribution in [0.15, 0.2) is 24.3 Å². The van der Waals surface area contributed by atoms with Crippen molar-refractivity contribution < 1.29 is 9.18 Å². The Morgan fingerprint density at radius 2 is 1.86 bits per heavy atom. The van der Waals surface area contributed by atoms with Crippen LogP contribution in [-0.2, 0) is 11.2 Å². The molecule has 120 valence electrons. The minimum Gasteiger partial charge on any atom is -0.355 e. The van der Waals surface area contributed by atoms with Crippen molar-refractivity contribution in [3.8, 4) is 0 Å². The molecule has 2 aliphatic rings. The lowest BCUT2D eigenvalue weighted by atomic mass is 9.78. The summed E-state index contributed by atoms with van der Waals surface area (Å²) in [6.45, 7) is 3.31. The van der Waals surface area contributed by atoms with Crippen LogP contribution >= 0.6 is 0 Å². The van der Waals surface area contributed by atoms with Crippen LogP contribution in [0.2, 0.25) is 0 Å². The first-order valence-corrected chi connectivity index (χ1v) is 8.42. The summed E-state index contributed by atoms with van der Waals surface area (Å²) in [5, 5.41) is 2.98. The summed E-state index contributed by atoms with van der Waals surface area (Å²) in [5.74, 6) is 1.50. The lowest BCUT2D eigenvalue weighted by molar-refractivity contribution is -0.123. The number of carbonyl (C=O) groups excluding carboxylic acids is 1. The second-order valence-electron chi connectivity index (χ2n) is 6.82. The molecule has 1 aliphatic heterocycles. The molecule has 0 spiro atoms. The van der Waals surface area contributed by atoms with Gasteiger partial charge in [-0.05, 0) is 55.2 Å². The molecule has 1 aromatic carbocycles. The molecule has 3 rings (SSSR count). The van der Waals surface area contributed by atoms with Gasteiger partial charge in [0.1, 0.15) is 5.82 Å². The maximum atomic E-state index is 12.8. The van der Waals surface area contributed by atoms with Gasteiger partial charge in [0.25, 0.3) is 0 Å². The predicted molar refractivity (Wildman–Crippen MR) is 85.0 cm³/mol. The molecule has 2 atom stereocenters. The summed E-state index contributed by atoms with van der Waals surface area (Å²) in [7, 11) is 0. The summed E-state index contributed by atoms with van der Waals surface area (Å²) in [6.07, 6.45) is 6.14. The standard InChI is InChI=1S/C18H25FN2O/c19-17-6-4-14(5-7-17)8-9-20-18(22)13-21-11-15-2-1-3-16(10-15)12-21/h4-7,15-16H,1-3,8-13H2,(H,20,22). The number of benzene rings is 1. The number of amides is 1. The van der Waals surface area contributed by atoms with E-state index < -0.39 is 0 Å². The molecular formula is C18H25FN2O. The Bertz CT molecular complexity index is 490. The second kappa shape index (κ2) is 7.23. The molecule has 1 amide bonds. The molecule has 4 heteroatoms. The van der Waals surface area contributed by atoms with Gasteiger partial charge in [-0.1, -0.05) is 18.6 Å². The lowest BCUT2D eigenvalue weighted by Gasteiger charge is -2.41. The minimum atomic E-state index is -0.219. The smallest absolute Gasteiger partial charge is 0.234 e. The average molecular weight is 304 g/mol. The second-order valence-corrected chi connectivity index (χ2v) is 6.82. The van der Waals surface area contributed by atoms with Crippen LogP contribution < -0.4 is 5.32 Å². The molecule has 1 saturated heterocycles. The topological polar surface area (TPSA) is 32.3 Å². The van der Waals surface area contributed by atoms with E-state index in [1.165, 1.54) is 37.8 Å². The third-order valence-corrected chi connectivity index (χ3v) is 4.94. The fraction of sp³-hybridized carbons (Fsp3) is 0.611. The van der Waals surface area contributed by atoms with E-state index in [0.717, 1.165) is 36.9 Å². The van der Waals surface area contributed by atoms with Crippen molar-refractivity contribution >= 4 is 5.91 Å². The van der Waals surface area contributed by atoms with E-state index in [1.807, 2.05) is 0 Å². The molecular weight excluding hydrogens is 279 g/mol. The Morgan fingerprint density at radius 1 is 1.18 bits per heavy atom. The largest absolute Gasteiger partial charge is 0.355 e. The molecule has 0 radical (unpaired) electrons. The van der Waals surface area contributed by atoms with Crippen molar-refractivity contribution in [2.24, 2.45) is 11.8 Å². The van der Waals surface area contributed by atoms with Crippen LogP contribution in [0.4, 0.5) is 4.39 Å². The number of rotatable bonds is 5. The zero-order valence-electron chi connectivity index (χ0n) is 13.1. The number of nitrogens with one attached hydrogen (secondary N) is 1. The quantitative estimate of drug-likeness (QED) is 0.907. The van der Waals surface area contributed by atoms with E-state index in [1.54, 1.807) is 12.1 Å². The van der Waals surface area contributed by atoms with Gasteiger partial charge in [0.05, 0.1) is 6.54 Å². The van der Waals surface area contributed by atoms with Crippen molar-refractivity contribution in [2.45, 2.75) is 32.1 Å². The molecule has 0 aromatic heterocycles. The highest BCUT2D eigenvalue weighted by molar-refractivity contribution is 5.78. The molecule has 2 unspecified atom stereocenters. The molecule has 3 nitrogen and oxygen atoms in total. The van der Waals surface area contributed by atoms with Crippen LogP contribution in [-0.4, -0.2) is 37.0 Å². The SMILES string of the molecule is O=C(CN1CC2CCCC(C2)C1)NCCc1ccc(F)cc1. The van der Waals surface area contributed by atoms with E-state index in [9.17, 15) is 9.18 Å². The van der Waals surface area contributed by atoms with E-state index in [-0.39, 0.29) is 11.7 Å². The van der Waals surface area contributed by atoms with Gasteiger partial charge in [0.15, 0.2) is 0 Å². The third-order valence-electron chi connectivity index (χ3n) is 4.94. The number of halogens is 1. The van der Waals surface area contributed by atoms with Gasteiger partial charge >= 0.3 is 0 Å². The maximum Gasteiger partial charge on any atom is 0.234 e. The Labute approximate surface area is 131 Å². The molecule has 22 heavy (non-hydrogen) atoms. The number of fused-ring (bicyclic) bond motifs is 2. The highest BCUT2D eigenvalue weighted by atomic mass is 19.1. The van der Waals surface area contributed by atoms with Crippen molar-refractivity contribution in [1.82, 2.24) is 10.2 Å². The summed E-state index contributed by atoms with van der Waals surface area (Å²) >= 11 is 0. The van der Waals surface area contributed by atoms with E-state index in [4.69, 9.17) is 0 Å². The monoisotopic (exact) mass is 304 g/mol. The molecule has 1 heterocycles. The number of hydrogen-bond donors (Lipinski definition) is 1. The Balaban J connectivity index is 1.38. The molecule has 2 fully saturated rings. The Hall–Kier alpha value is -1.42. The van der Waals surface area contributed by atoms with Crippen molar-refractivity contribution in [1.29, 1.82) is 0 Å². The van der Waals surface area contributed by atoms with Crippen molar-refractivity contribution in [3.05, 3.63) is 35.6 Å². The summed E-state index contributed by atoms with van der Waals surface area (Å²) in [6, 6.07) is 6.47. The Morgan fingerprint density at radius 3 is 2.55 bits per heavy atom. The number of piperidine rings is 1. The first kappa shape index (κ1) is 15.5. The average Bonchev–Trinajstić information content (AvgIpc) is 2.49. The van der Waals surface area contributed by atoms with Crippen molar-refractivity contribution in [3.63, 3.8) is 0 Å². The number of hydrogen-bond acceptors (Lipinski definition) is 2. The highest BCUT2D eigenvalue weighted by Gasteiger charge is 2.30. The highest BCUT2D eigenvalue weighted by Crippen LogP contribution is 2.34. The van der Waals surface area contributed by atoms with Gasteiger partial charge in [-0.2, -0.15) is 0 Å². The van der Waals surface area contributed by atoms with Crippen LogP contribution in [0.1, 0.15) is 31.2 Å². The van der Waals surface area contributed by atoms with Gasteiger partial charge in [-0.3, -0.25) is 9.69 Å². The fourth-order valence-electron chi connectivity index (χ4n) is 3.92. The number of likely N-dealkylation sites (tertiary alicyclic amines) is 1. The molecule has 1 saturated carbocycles. The van der Waals surface area contributed by atoms with Gasteiger partial charge in [-0.15, -0.1) is 0 Å². The van der Waals surface area contributed by atoms with E-state index in [0.29, 0.717) is 13.1 Å². The molecule has 2 bridgehead atoms. The third kappa shape index (κ3) is 4.29. The van der Waals surface area contributed by atoms with E-state index in [2.05, 4.69) is 10.2 Å². The zero-order valence-corrected chi connectivity index (χ0v) is 13.1. The zero-order chi connectivity index (χ0) is 15.4. The molecule has 1 aliphatic carbocycles. The van der Waals surface area contributed by atoms with Crippen LogP contribution in [0.3, 0.4) is 0 Å². The lowest BCUT2D eigenvalue weighted by Crippen LogP contribution is -2.47. The number of carbonyl (C=O) groups is 1. The Kier molecular flexibility index (Phi) is 5.08. The van der Waals surface area contributed by atoms with Crippen LogP contribution in [0.5, 0.6) is 0 Å². The van der Waals surface area contributed by atoms with Crippen molar-refractivity contribution in [2.75, 3.05) is 26.2 Å². The van der Waals surface area contributed by atoms with Gasteiger partial charge in [-0.25, -0.2) is 4.39 Å². The first-order valence-electron chi connectivity index (χ1n) is 8.42.